The van der Waals surface area contributed by atoms with Gasteiger partial charge in [0.2, 0.25) is 0 Å². The van der Waals surface area contributed by atoms with Crippen LogP contribution in [0, 0.1) is 5.82 Å². The van der Waals surface area contributed by atoms with Crippen LogP contribution >= 0.6 is 0 Å². The number of carboxylic acid groups (broad SMARTS) is 1. The summed E-state index contributed by atoms with van der Waals surface area (Å²) in [6.07, 6.45) is -11.3. The molecule has 6 nitrogen and oxygen atoms in total. The van der Waals surface area contributed by atoms with Crippen molar-refractivity contribution in [3.05, 3.63) is 77.6 Å². The Morgan fingerprint density at radius 2 is 1.62 bits per heavy atom. The molecular weight excluding hydrogens is 559 g/mol. The molecule has 1 aliphatic heterocycles. The number of carboxylic acids is 1. The topological polar surface area (TPSA) is 83.9 Å². The van der Waals surface area contributed by atoms with E-state index >= 15 is 0 Å². The van der Waals surface area contributed by atoms with Crippen molar-refractivity contribution in [2.24, 2.45) is 0 Å². The molecule has 0 bridgehead atoms. The minimum absolute atomic E-state index is 0.0319. The lowest BCUT2D eigenvalue weighted by Gasteiger charge is -2.36. The predicted octanol–water partition coefficient (Wildman–Crippen LogP) is 6.35. The van der Waals surface area contributed by atoms with E-state index in [9.17, 15) is 43.9 Å². The van der Waals surface area contributed by atoms with E-state index in [4.69, 9.17) is 9.84 Å². The van der Waals surface area contributed by atoms with Crippen LogP contribution in [-0.2, 0) is 27.2 Å². The first-order valence-corrected chi connectivity index (χ1v) is 12.6. The summed E-state index contributed by atoms with van der Waals surface area (Å²) in [5, 5.41) is 9.01. The fourth-order valence-electron chi connectivity index (χ4n) is 4.03. The highest BCUT2D eigenvalue weighted by molar-refractivity contribution is 7.92. The number of rotatable bonds is 6. The summed E-state index contributed by atoms with van der Waals surface area (Å²) >= 11 is 0. The highest BCUT2D eigenvalue weighted by Gasteiger charge is 2.37. The maximum atomic E-state index is 14.0. The molecule has 0 fully saturated rings. The van der Waals surface area contributed by atoms with Gasteiger partial charge in [-0.25, -0.2) is 12.8 Å². The van der Waals surface area contributed by atoms with Crippen molar-refractivity contribution in [1.29, 1.82) is 0 Å². The van der Waals surface area contributed by atoms with Gasteiger partial charge in [0, 0.05) is 6.42 Å². The Balaban J connectivity index is 1.84. The fraction of sp³-hybridized carbons (Fsp3) is 0.240. The molecule has 1 atom stereocenters. The van der Waals surface area contributed by atoms with E-state index in [0.29, 0.717) is 28.6 Å². The molecule has 0 radical (unpaired) electrons. The zero-order chi connectivity index (χ0) is 28.8. The van der Waals surface area contributed by atoms with Crippen molar-refractivity contribution >= 4 is 21.7 Å². The van der Waals surface area contributed by atoms with E-state index in [2.05, 4.69) is 0 Å². The quantitative estimate of drug-likeness (QED) is 0.345. The molecular formula is C25H18F7NO5S. The van der Waals surface area contributed by atoms with Crippen molar-refractivity contribution in [2.45, 2.75) is 36.2 Å². The number of ether oxygens (including phenoxy) is 1. The standard InChI is InChI=1S/C25H18F7NO5S/c26-18-9-15(8-17(11-18)25(30,31)32)14-4-6-22-21(10-14)33(13-19(38-22)5-7-23(34)35)39(36,37)20-3-1-2-16(12-20)24(27,28)29/h1-4,6,8-12,19H,5,7,13H2,(H,34,35)/t19-/m0/s1. The van der Waals surface area contributed by atoms with Gasteiger partial charge in [0.25, 0.3) is 10.0 Å². The molecule has 14 heteroatoms. The lowest BCUT2D eigenvalue weighted by Crippen LogP contribution is -2.43. The summed E-state index contributed by atoms with van der Waals surface area (Å²) in [6.45, 7) is -0.501. The van der Waals surface area contributed by atoms with Crippen LogP contribution in [-0.4, -0.2) is 32.1 Å². The normalized spacial score (nSPS) is 16.0. The van der Waals surface area contributed by atoms with Gasteiger partial charge in [-0.15, -0.1) is 0 Å². The number of hydrogen-bond donors (Lipinski definition) is 1. The Kier molecular flexibility index (Phi) is 7.27. The van der Waals surface area contributed by atoms with E-state index in [1.807, 2.05) is 0 Å². The van der Waals surface area contributed by atoms with E-state index in [0.717, 1.165) is 24.3 Å². The van der Waals surface area contributed by atoms with Gasteiger partial charge in [0.15, 0.2) is 0 Å². The van der Waals surface area contributed by atoms with Crippen LogP contribution < -0.4 is 9.04 Å². The molecule has 3 aromatic rings. The number of aliphatic carboxylic acids is 1. The maximum Gasteiger partial charge on any atom is 0.416 e. The molecule has 3 aromatic carbocycles. The van der Waals surface area contributed by atoms with Gasteiger partial charge < -0.3 is 9.84 Å². The van der Waals surface area contributed by atoms with Gasteiger partial charge >= 0.3 is 18.3 Å². The molecule has 4 rings (SSSR count). The molecule has 0 unspecified atom stereocenters. The average molecular weight is 577 g/mol. The van der Waals surface area contributed by atoms with Gasteiger partial charge in [-0.2, -0.15) is 26.3 Å². The van der Waals surface area contributed by atoms with Crippen molar-refractivity contribution in [3.8, 4) is 16.9 Å². The highest BCUT2D eigenvalue weighted by atomic mass is 32.2. The molecule has 0 spiro atoms. The lowest BCUT2D eigenvalue weighted by molar-refractivity contribution is -0.138. The number of anilines is 1. The summed E-state index contributed by atoms with van der Waals surface area (Å²) in [5.74, 6) is -2.50. The second-order valence-electron chi connectivity index (χ2n) is 8.64. The molecule has 0 aliphatic carbocycles. The van der Waals surface area contributed by atoms with Crippen LogP contribution in [0.1, 0.15) is 24.0 Å². The summed E-state index contributed by atoms with van der Waals surface area (Å²) in [6, 6.07) is 8.31. The molecule has 1 heterocycles. The number of fused-ring (bicyclic) bond motifs is 1. The molecule has 0 amide bonds. The molecule has 208 valence electrons. The third kappa shape index (κ3) is 6.10. The van der Waals surface area contributed by atoms with Crippen LogP contribution in [0.25, 0.3) is 11.1 Å². The molecule has 39 heavy (non-hydrogen) atoms. The van der Waals surface area contributed by atoms with Gasteiger partial charge in [-0.1, -0.05) is 12.1 Å². The minimum Gasteiger partial charge on any atom is -0.486 e. The Labute approximate surface area is 217 Å². The summed E-state index contributed by atoms with van der Waals surface area (Å²) in [5.41, 5.74) is -3.01. The number of benzene rings is 3. The number of carbonyl (C=O) groups is 1. The van der Waals surface area contributed by atoms with Crippen LogP contribution in [0.5, 0.6) is 5.75 Å². The second-order valence-corrected chi connectivity index (χ2v) is 10.5. The van der Waals surface area contributed by atoms with Crippen LogP contribution in [0.2, 0.25) is 0 Å². The van der Waals surface area contributed by atoms with Crippen LogP contribution in [0.4, 0.5) is 36.4 Å². The van der Waals surface area contributed by atoms with Gasteiger partial charge in [-0.3, -0.25) is 9.10 Å². The summed E-state index contributed by atoms with van der Waals surface area (Å²) in [7, 11) is -4.72. The Morgan fingerprint density at radius 3 is 2.26 bits per heavy atom. The largest absolute Gasteiger partial charge is 0.486 e. The van der Waals surface area contributed by atoms with Crippen molar-refractivity contribution in [3.63, 3.8) is 0 Å². The van der Waals surface area contributed by atoms with E-state index in [-0.39, 0.29) is 29.0 Å². The predicted molar refractivity (Wildman–Crippen MR) is 124 cm³/mol. The van der Waals surface area contributed by atoms with E-state index < -0.39 is 69.3 Å². The fourth-order valence-corrected chi connectivity index (χ4v) is 5.58. The smallest absolute Gasteiger partial charge is 0.416 e. The Morgan fingerprint density at radius 1 is 0.923 bits per heavy atom. The van der Waals surface area contributed by atoms with E-state index in [1.165, 1.54) is 12.1 Å². The van der Waals surface area contributed by atoms with Gasteiger partial charge in [0.1, 0.15) is 17.7 Å². The first-order chi connectivity index (χ1) is 18.1. The molecule has 1 aliphatic rings. The van der Waals surface area contributed by atoms with Crippen molar-refractivity contribution in [1.82, 2.24) is 0 Å². The average Bonchev–Trinajstić information content (AvgIpc) is 2.85. The number of sulfonamides is 1. The zero-order valence-corrected chi connectivity index (χ0v) is 20.4. The Bertz CT molecular complexity index is 1520. The number of nitrogens with zero attached hydrogens (tertiary/aromatic N) is 1. The van der Waals surface area contributed by atoms with Gasteiger partial charge in [-0.05, 0) is 66.1 Å². The van der Waals surface area contributed by atoms with Gasteiger partial charge in [0.05, 0.1) is 28.3 Å². The highest BCUT2D eigenvalue weighted by Crippen LogP contribution is 2.42. The van der Waals surface area contributed by atoms with Crippen LogP contribution in [0.3, 0.4) is 0 Å². The van der Waals surface area contributed by atoms with Crippen molar-refractivity contribution in [2.75, 3.05) is 10.8 Å². The minimum atomic E-state index is -4.87. The summed E-state index contributed by atoms with van der Waals surface area (Å²) < 4.78 is 127. The zero-order valence-electron chi connectivity index (χ0n) is 19.6. The summed E-state index contributed by atoms with van der Waals surface area (Å²) in [4.78, 5) is 10.3. The van der Waals surface area contributed by atoms with Crippen LogP contribution in [0.15, 0.2) is 65.6 Å². The number of hydrogen-bond acceptors (Lipinski definition) is 4. The van der Waals surface area contributed by atoms with E-state index in [1.54, 1.807) is 0 Å². The Hall–Kier alpha value is -3.81. The monoisotopic (exact) mass is 577 g/mol. The molecule has 0 saturated heterocycles. The first kappa shape index (κ1) is 28.2. The molecule has 0 saturated carbocycles. The first-order valence-electron chi connectivity index (χ1n) is 11.2. The second kappa shape index (κ2) is 10.1. The maximum absolute atomic E-state index is 14.0. The molecule has 0 aromatic heterocycles. The lowest BCUT2D eigenvalue weighted by atomic mass is 10.0. The van der Waals surface area contributed by atoms with Crippen molar-refractivity contribution < 1.29 is 53.8 Å². The molecule has 1 N–H and O–H groups in total. The third-order valence-corrected chi connectivity index (χ3v) is 7.65. The SMILES string of the molecule is O=C(O)CC[C@H]1CN(S(=O)(=O)c2cccc(C(F)(F)F)c2)c2cc(-c3cc(F)cc(C(F)(F)F)c3)ccc2O1. The number of halogens is 7. The third-order valence-electron chi connectivity index (χ3n) is 5.88. The number of alkyl halides is 6.